The maximum absolute atomic E-state index is 5.35. The number of rotatable bonds is 4. The summed E-state index contributed by atoms with van der Waals surface area (Å²) in [4.78, 5) is 11.2. The summed E-state index contributed by atoms with van der Waals surface area (Å²) in [7, 11) is 5.59. The van der Waals surface area contributed by atoms with Gasteiger partial charge in [-0.05, 0) is 24.3 Å². The molecule has 0 bridgehead atoms. The second-order valence-electron chi connectivity index (χ2n) is 5.11. The molecule has 3 rings (SSSR count). The largest absolute Gasteiger partial charge is 0.495 e. The van der Waals surface area contributed by atoms with Gasteiger partial charge in [-0.1, -0.05) is 24.3 Å². The van der Waals surface area contributed by atoms with Gasteiger partial charge in [0.05, 0.1) is 18.3 Å². The van der Waals surface area contributed by atoms with Gasteiger partial charge in [0.15, 0.2) is 0 Å². The van der Waals surface area contributed by atoms with Crippen molar-refractivity contribution in [3.63, 3.8) is 0 Å². The fraction of sp³-hybridized carbons (Fsp3) is 0.176. The van der Waals surface area contributed by atoms with E-state index < -0.39 is 0 Å². The second kappa shape index (κ2) is 5.89. The summed E-state index contributed by atoms with van der Waals surface area (Å²) < 4.78 is 5.35. The van der Waals surface area contributed by atoms with Gasteiger partial charge in [0.25, 0.3) is 0 Å². The molecule has 5 nitrogen and oxygen atoms in total. The number of nitrogens with one attached hydrogen (secondary N) is 1. The van der Waals surface area contributed by atoms with Crippen LogP contribution in [0.1, 0.15) is 0 Å². The zero-order valence-corrected chi connectivity index (χ0v) is 12.9. The molecule has 2 aromatic carbocycles. The van der Waals surface area contributed by atoms with E-state index in [1.165, 1.54) is 0 Å². The van der Waals surface area contributed by atoms with E-state index in [-0.39, 0.29) is 0 Å². The number of ether oxygens (including phenoxy) is 1. The number of fused-ring (bicyclic) bond motifs is 1. The molecule has 5 heteroatoms. The van der Waals surface area contributed by atoms with E-state index in [1.54, 1.807) is 7.11 Å². The molecule has 1 heterocycles. The first-order valence-electron chi connectivity index (χ1n) is 7.03. The normalized spacial score (nSPS) is 10.5. The summed E-state index contributed by atoms with van der Waals surface area (Å²) >= 11 is 0. The monoisotopic (exact) mass is 294 g/mol. The number of hydrogen-bond acceptors (Lipinski definition) is 5. The molecular formula is C17H18N4O. The van der Waals surface area contributed by atoms with Crippen LogP contribution in [0, 0.1) is 0 Å². The molecule has 0 fully saturated rings. The molecule has 0 saturated heterocycles. The van der Waals surface area contributed by atoms with Crippen LogP contribution < -0.4 is 15.0 Å². The van der Waals surface area contributed by atoms with Crippen molar-refractivity contribution in [1.29, 1.82) is 0 Å². The van der Waals surface area contributed by atoms with Crippen molar-refractivity contribution in [2.24, 2.45) is 0 Å². The summed E-state index contributed by atoms with van der Waals surface area (Å²) in [6, 6.07) is 15.7. The molecule has 3 aromatic rings. The Balaban J connectivity index is 2.08. The van der Waals surface area contributed by atoms with E-state index in [4.69, 9.17) is 4.74 Å². The van der Waals surface area contributed by atoms with Crippen molar-refractivity contribution in [1.82, 2.24) is 9.97 Å². The first-order chi connectivity index (χ1) is 10.7. The van der Waals surface area contributed by atoms with E-state index in [0.29, 0.717) is 5.95 Å². The minimum Gasteiger partial charge on any atom is -0.495 e. The third kappa shape index (κ3) is 2.65. The second-order valence-corrected chi connectivity index (χ2v) is 5.11. The molecule has 0 radical (unpaired) electrons. The van der Waals surface area contributed by atoms with Gasteiger partial charge in [-0.15, -0.1) is 0 Å². The minimum absolute atomic E-state index is 0.548. The molecule has 1 N–H and O–H groups in total. The number of methoxy groups -OCH3 is 1. The predicted molar refractivity (Wildman–Crippen MR) is 90.1 cm³/mol. The standard InChI is InChI=1S/C17H18N4O/c1-21(2)16-12-8-4-5-9-13(12)18-17(20-16)19-14-10-6-7-11-15(14)22-3/h4-11H,1-3H3,(H,18,19,20). The van der Waals surface area contributed by atoms with Crippen molar-refractivity contribution >= 4 is 28.4 Å². The zero-order chi connectivity index (χ0) is 15.5. The summed E-state index contributed by atoms with van der Waals surface area (Å²) in [5, 5.41) is 4.26. The summed E-state index contributed by atoms with van der Waals surface area (Å²) in [6.45, 7) is 0. The van der Waals surface area contributed by atoms with Crippen molar-refractivity contribution in [3.05, 3.63) is 48.5 Å². The van der Waals surface area contributed by atoms with Crippen LogP contribution in [0.15, 0.2) is 48.5 Å². The highest BCUT2D eigenvalue weighted by Crippen LogP contribution is 2.28. The van der Waals surface area contributed by atoms with Gasteiger partial charge in [-0.25, -0.2) is 4.98 Å². The lowest BCUT2D eigenvalue weighted by atomic mass is 10.2. The molecule has 0 spiro atoms. The van der Waals surface area contributed by atoms with Gasteiger partial charge < -0.3 is 15.0 Å². The molecule has 0 aliphatic carbocycles. The van der Waals surface area contributed by atoms with E-state index in [9.17, 15) is 0 Å². The Morgan fingerprint density at radius 3 is 2.45 bits per heavy atom. The van der Waals surface area contributed by atoms with Crippen LogP contribution in [0.3, 0.4) is 0 Å². The average Bonchev–Trinajstić information content (AvgIpc) is 2.54. The fourth-order valence-corrected chi connectivity index (χ4v) is 2.33. The lowest BCUT2D eigenvalue weighted by Gasteiger charge is -2.16. The first kappa shape index (κ1) is 14.1. The molecule has 0 amide bonds. The number of hydrogen-bond donors (Lipinski definition) is 1. The van der Waals surface area contributed by atoms with Gasteiger partial charge >= 0.3 is 0 Å². The molecular weight excluding hydrogens is 276 g/mol. The zero-order valence-electron chi connectivity index (χ0n) is 12.9. The molecule has 0 aliphatic rings. The van der Waals surface area contributed by atoms with Crippen molar-refractivity contribution in [3.8, 4) is 5.75 Å². The number of benzene rings is 2. The Bertz CT molecular complexity index is 802. The van der Waals surface area contributed by atoms with Crippen LogP contribution in [0.5, 0.6) is 5.75 Å². The van der Waals surface area contributed by atoms with Crippen LogP contribution in [0.4, 0.5) is 17.5 Å². The number of aromatic nitrogens is 2. The van der Waals surface area contributed by atoms with E-state index >= 15 is 0 Å². The lowest BCUT2D eigenvalue weighted by molar-refractivity contribution is 0.417. The van der Waals surface area contributed by atoms with Crippen LogP contribution in [-0.4, -0.2) is 31.2 Å². The molecule has 0 unspecified atom stereocenters. The first-order valence-corrected chi connectivity index (χ1v) is 7.03. The summed E-state index contributed by atoms with van der Waals surface area (Å²) in [5.74, 6) is 2.18. The van der Waals surface area contributed by atoms with Gasteiger partial charge in [0, 0.05) is 19.5 Å². The van der Waals surface area contributed by atoms with Crippen molar-refractivity contribution in [2.45, 2.75) is 0 Å². The Labute approximate surface area is 129 Å². The third-order valence-corrected chi connectivity index (χ3v) is 3.36. The Morgan fingerprint density at radius 2 is 1.68 bits per heavy atom. The van der Waals surface area contributed by atoms with E-state index in [1.807, 2.05) is 67.5 Å². The molecule has 1 aromatic heterocycles. The molecule has 0 aliphatic heterocycles. The lowest BCUT2D eigenvalue weighted by Crippen LogP contribution is -2.13. The van der Waals surface area contributed by atoms with Gasteiger partial charge in [-0.2, -0.15) is 4.98 Å². The Kier molecular flexibility index (Phi) is 3.78. The highest BCUT2D eigenvalue weighted by molar-refractivity contribution is 5.90. The van der Waals surface area contributed by atoms with Crippen molar-refractivity contribution in [2.75, 3.05) is 31.4 Å². The van der Waals surface area contributed by atoms with Crippen LogP contribution in [0.2, 0.25) is 0 Å². The van der Waals surface area contributed by atoms with Gasteiger partial charge in [-0.3, -0.25) is 0 Å². The average molecular weight is 294 g/mol. The Morgan fingerprint density at radius 1 is 0.955 bits per heavy atom. The quantitative estimate of drug-likeness (QED) is 0.798. The van der Waals surface area contributed by atoms with Crippen LogP contribution >= 0.6 is 0 Å². The smallest absolute Gasteiger partial charge is 0.229 e. The third-order valence-electron chi connectivity index (χ3n) is 3.36. The molecule has 0 saturated carbocycles. The maximum Gasteiger partial charge on any atom is 0.229 e. The van der Waals surface area contributed by atoms with Gasteiger partial charge in [0.2, 0.25) is 5.95 Å². The van der Waals surface area contributed by atoms with E-state index in [0.717, 1.165) is 28.2 Å². The SMILES string of the molecule is COc1ccccc1Nc1nc(N(C)C)c2ccccc2n1. The van der Waals surface area contributed by atoms with Crippen molar-refractivity contribution < 1.29 is 4.74 Å². The van der Waals surface area contributed by atoms with E-state index in [2.05, 4.69) is 15.3 Å². The van der Waals surface area contributed by atoms with Gasteiger partial charge in [0.1, 0.15) is 11.6 Å². The molecule has 22 heavy (non-hydrogen) atoms. The Hall–Kier alpha value is -2.82. The fourth-order valence-electron chi connectivity index (χ4n) is 2.33. The highest BCUT2D eigenvalue weighted by atomic mass is 16.5. The topological polar surface area (TPSA) is 50.3 Å². The highest BCUT2D eigenvalue weighted by Gasteiger charge is 2.10. The molecule has 0 atom stereocenters. The number of anilines is 3. The summed E-state index contributed by atoms with van der Waals surface area (Å²) in [5.41, 5.74) is 1.74. The number of para-hydroxylation sites is 3. The predicted octanol–water partition coefficient (Wildman–Crippen LogP) is 3.45. The minimum atomic E-state index is 0.548. The molecule has 112 valence electrons. The number of nitrogens with zero attached hydrogens (tertiary/aromatic N) is 3. The maximum atomic E-state index is 5.35. The van der Waals surface area contributed by atoms with Crippen LogP contribution in [0.25, 0.3) is 10.9 Å². The van der Waals surface area contributed by atoms with Crippen LogP contribution in [-0.2, 0) is 0 Å². The summed E-state index contributed by atoms with van der Waals surface area (Å²) in [6.07, 6.45) is 0.